The van der Waals surface area contributed by atoms with Crippen molar-refractivity contribution in [2.45, 2.75) is 95.5 Å². The van der Waals surface area contributed by atoms with E-state index in [2.05, 4.69) is 34.2 Å². The maximum Gasteiger partial charge on any atom is 0.348 e. The summed E-state index contributed by atoms with van der Waals surface area (Å²) >= 11 is 2.99. The Bertz CT molecular complexity index is 1420. The fourth-order valence-electron chi connectivity index (χ4n) is 5.80. The van der Waals surface area contributed by atoms with Crippen LogP contribution in [0.4, 0.5) is 5.69 Å². The highest BCUT2D eigenvalue weighted by molar-refractivity contribution is 7.99. The van der Waals surface area contributed by atoms with E-state index in [9.17, 15) is 14.7 Å². The second-order valence-electron chi connectivity index (χ2n) is 12.4. The van der Waals surface area contributed by atoms with E-state index in [4.69, 9.17) is 0 Å². The highest BCUT2D eigenvalue weighted by atomic mass is 32.2. The van der Waals surface area contributed by atoms with Crippen LogP contribution in [-0.4, -0.2) is 37.7 Å². The Balaban J connectivity index is 1.40. The third kappa shape index (κ3) is 6.58. The molecule has 1 amide bonds. The van der Waals surface area contributed by atoms with Gasteiger partial charge in [-0.25, -0.2) is 9.78 Å². The number of anilines is 1. The largest absolute Gasteiger partial charge is 0.477 e. The van der Waals surface area contributed by atoms with E-state index in [-0.39, 0.29) is 28.2 Å². The lowest BCUT2D eigenvalue weighted by atomic mass is 9.81. The zero-order valence-electron chi connectivity index (χ0n) is 23.9. The van der Waals surface area contributed by atoms with Crippen LogP contribution in [0.3, 0.4) is 0 Å². The number of carboxylic acid groups (broad SMARTS) is 1. The minimum absolute atomic E-state index is 0.0168. The number of thiophene rings is 1. The molecule has 2 aliphatic carbocycles. The predicted octanol–water partition coefficient (Wildman–Crippen LogP) is 7.75. The molecule has 1 N–H and O–H groups in total. The summed E-state index contributed by atoms with van der Waals surface area (Å²) < 4.78 is 2.13. The number of thioether (sulfide) groups is 1. The van der Waals surface area contributed by atoms with Gasteiger partial charge in [0.05, 0.1) is 22.3 Å². The average Bonchev–Trinajstić information content (AvgIpc) is 3.53. The van der Waals surface area contributed by atoms with Crippen molar-refractivity contribution in [3.05, 3.63) is 46.4 Å². The SMILES string of the molecule is CC1CCC(C(=O)N(c2cc(C#CC(C)(C)C)sc2C(=O)O)C2CCC(Sc3ncc4ccccn34)CC2)CC1. The van der Waals surface area contributed by atoms with Crippen LogP contribution in [0.2, 0.25) is 0 Å². The van der Waals surface area contributed by atoms with E-state index in [1.807, 2.05) is 56.3 Å². The molecule has 0 spiro atoms. The van der Waals surface area contributed by atoms with Crippen LogP contribution in [0.5, 0.6) is 0 Å². The molecule has 0 radical (unpaired) electrons. The molecule has 2 aliphatic rings. The number of aromatic carboxylic acids is 1. The summed E-state index contributed by atoms with van der Waals surface area (Å²) in [6, 6.07) is 7.94. The number of hydrogen-bond acceptors (Lipinski definition) is 5. The van der Waals surface area contributed by atoms with Crippen LogP contribution in [-0.2, 0) is 4.79 Å². The number of imidazole rings is 1. The third-order valence-corrected chi connectivity index (χ3v) is 10.4. The minimum atomic E-state index is -0.991. The van der Waals surface area contributed by atoms with Crippen LogP contribution in [0.1, 0.15) is 93.6 Å². The monoisotopic (exact) mass is 577 g/mol. The molecule has 0 aromatic carbocycles. The van der Waals surface area contributed by atoms with Crippen molar-refractivity contribution in [2.24, 2.45) is 17.3 Å². The van der Waals surface area contributed by atoms with E-state index >= 15 is 0 Å². The molecule has 0 aliphatic heterocycles. The Labute approximate surface area is 245 Å². The molecular weight excluding hydrogens is 539 g/mol. The molecule has 0 bridgehead atoms. The lowest BCUT2D eigenvalue weighted by Crippen LogP contribution is -2.46. The molecule has 6 nitrogen and oxygen atoms in total. The summed E-state index contributed by atoms with van der Waals surface area (Å²) in [6.45, 7) is 8.36. The van der Waals surface area contributed by atoms with Crippen LogP contribution in [0.25, 0.3) is 5.52 Å². The van der Waals surface area contributed by atoms with Crippen molar-refractivity contribution < 1.29 is 14.7 Å². The zero-order valence-corrected chi connectivity index (χ0v) is 25.5. The summed E-state index contributed by atoms with van der Waals surface area (Å²) in [5.41, 5.74) is 1.42. The predicted molar refractivity (Wildman–Crippen MR) is 163 cm³/mol. The van der Waals surface area contributed by atoms with Crippen molar-refractivity contribution in [1.29, 1.82) is 0 Å². The molecule has 2 saturated carbocycles. The Hall–Kier alpha value is -2.76. The lowest BCUT2D eigenvalue weighted by Gasteiger charge is -2.39. The first-order valence-corrected chi connectivity index (χ1v) is 16.1. The van der Waals surface area contributed by atoms with Gasteiger partial charge in [0.1, 0.15) is 4.88 Å². The Morgan fingerprint density at radius 3 is 2.50 bits per heavy atom. The normalized spacial score (nSPS) is 23.4. The van der Waals surface area contributed by atoms with Crippen LogP contribution < -0.4 is 4.90 Å². The summed E-state index contributed by atoms with van der Waals surface area (Å²) in [4.78, 5) is 34.0. The van der Waals surface area contributed by atoms with Gasteiger partial charge in [-0.15, -0.1) is 11.3 Å². The zero-order chi connectivity index (χ0) is 28.4. The number of carboxylic acids is 1. The number of pyridine rings is 1. The van der Waals surface area contributed by atoms with Gasteiger partial charge in [0.15, 0.2) is 5.16 Å². The van der Waals surface area contributed by atoms with E-state index in [1.54, 1.807) is 11.8 Å². The first-order chi connectivity index (χ1) is 19.1. The van der Waals surface area contributed by atoms with E-state index in [0.717, 1.165) is 62.0 Å². The second kappa shape index (κ2) is 12.0. The summed E-state index contributed by atoms with van der Waals surface area (Å²) in [5, 5.41) is 11.6. The molecular formula is C32H39N3O3S2. The molecule has 0 unspecified atom stereocenters. The molecule has 3 heterocycles. The summed E-state index contributed by atoms with van der Waals surface area (Å²) in [7, 11) is 0. The van der Waals surface area contributed by atoms with Gasteiger partial charge in [0, 0.05) is 28.8 Å². The van der Waals surface area contributed by atoms with Gasteiger partial charge in [-0.1, -0.05) is 36.6 Å². The fraction of sp³-hybridized carbons (Fsp3) is 0.531. The summed E-state index contributed by atoms with van der Waals surface area (Å²) in [5.74, 6) is 6.10. The number of fused-ring (bicyclic) bond motifs is 1. The van der Waals surface area contributed by atoms with Gasteiger partial charge in [0.25, 0.3) is 0 Å². The molecule has 3 aromatic heterocycles. The topological polar surface area (TPSA) is 74.9 Å². The van der Waals surface area contributed by atoms with Crippen LogP contribution in [0, 0.1) is 29.1 Å². The average molecular weight is 578 g/mol. The Kier molecular flexibility index (Phi) is 8.63. The number of amides is 1. The number of hydrogen-bond donors (Lipinski definition) is 1. The van der Waals surface area contributed by atoms with Crippen molar-refractivity contribution in [3.63, 3.8) is 0 Å². The maximum atomic E-state index is 14.2. The van der Waals surface area contributed by atoms with Gasteiger partial charge < -0.3 is 10.0 Å². The molecule has 0 atom stereocenters. The maximum absolute atomic E-state index is 14.2. The van der Waals surface area contributed by atoms with Gasteiger partial charge in [-0.2, -0.15) is 0 Å². The molecule has 2 fully saturated rings. The lowest BCUT2D eigenvalue weighted by molar-refractivity contribution is -0.124. The quantitative estimate of drug-likeness (QED) is 0.303. The van der Waals surface area contributed by atoms with E-state index in [0.29, 0.717) is 21.7 Å². The van der Waals surface area contributed by atoms with E-state index < -0.39 is 5.97 Å². The van der Waals surface area contributed by atoms with Crippen LogP contribution in [0.15, 0.2) is 41.8 Å². The van der Waals surface area contributed by atoms with E-state index in [1.165, 1.54) is 11.3 Å². The van der Waals surface area contributed by atoms with Crippen molar-refractivity contribution >= 4 is 46.2 Å². The van der Waals surface area contributed by atoms with Gasteiger partial charge >= 0.3 is 5.97 Å². The third-order valence-electron chi connectivity index (χ3n) is 8.02. The van der Waals surface area contributed by atoms with Gasteiger partial charge in [0.2, 0.25) is 5.91 Å². The van der Waals surface area contributed by atoms with Crippen LogP contribution >= 0.6 is 23.1 Å². The number of rotatable bonds is 6. The molecule has 40 heavy (non-hydrogen) atoms. The van der Waals surface area contributed by atoms with Gasteiger partial charge in [-0.05, 0) is 96.3 Å². The highest BCUT2D eigenvalue weighted by Crippen LogP contribution is 2.41. The molecule has 212 valence electrons. The molecule has 3 aromatic rings. The standard InChI is InChI=1S/C32H39N3O3S2/c1-21-8-10-22(11-9-21)29(36)35(27-19-26(16-17-32(2,3)4)39-28(27)30(37)38)23-12-14-25(15-13-23)40-31-33-20-24-7-5-6-18-34(24)31/h5-7,18-23,25H,8-15H2,1-4H3,(H,37,38). The Morgan fingerprint density at radius 1 is 1.10 bits per heavy atom. The smallest absolute Gasteiger partial charge is 0.348 e. The first kappa shape index (κ1) is 28.8. The molecule has 5 rings (SSSR count). The number of nitrogens with zero attached hydrogens (tertiary/aromatic N) is 3. The minimum Gasteiger partial charge on any atom is -0.477 e. The summed E-state index contributed by atoms with van der Waals surface area (Å²) in [6.07, 6.45) is 11.4. The highest BCUT2D eigenvalue weighted by Gasteiger charge is 2.37. The first-order valence-electron chi connectivity index (χ1n) is 14.4. The number of carbonyl (C=O) groups is 2. The number of aromatic nitrogens is 2. The van der Waals surface area contributed by atoms with Crippen molar-refractivity contribution in [3.8, 4) is 11.8 Å². The van der Waals surface area contributed by atoms with Gasteiger partial charge in [-0.3, -0.25) is 9.20 Å². The second-order valence-corrected chi connectivity index (χ2v) is 14.7. The molecule has 0 saturated heterocycles. The fourth-order valence-corrected chi connectivity index (χ4v) is 7.84. The number of carbonyl (C=O) groups excluding carboxylic acids is 1. The van der Waals surface area contributed by atoms with Crippen molar-refractivity contribution in [2.75, 3.05) is 4.90 Å². The Morgan fingerprint density at radius 2 is 1.82 bits per heavy atom. The van der Waals surface area contributed by atoms with Crippen molar-refractivity contribution in [1.82, 2.24) is 9.38 Å². The molecule has 8 heteroatoms.